The minimum Gasteiger partial charge on any atom is -0.460 e. The summed E-state index contributed by atoms with van der Waals surface area (Å²) < 4.78 is 11.8. The van der Waals surface area contributed by atoms with E-state index in [0.29, 0.717) is 36.9 Å². The second-order valence-electron chi connectivity index (χ2n) is 13.6. The molecule has 0 amide bonds. The molecular weight excluding hydrogens is 432 g/mol. The van der Waals surface area contributed by atoms with Gasteiger partial charge in [-0.05, 0) is 93.3 Å². The molecule has 0 aromatic carbocycles. The van der Waals surface area contributed by atoms with Gasteiger partial charge in [0.2, 0.25) is 0 Å². The zero-order chi connectivity index (χ0) is 24.4. The van der Waals surface area contributed by atoms with Gasteiger partial charge in [0.15, 0.2) is 5.60 Å². The van der Waals surface area contributed by atoms with Crippen molar-refractivity contribution >= 4 is 11.8 Å². The van der Waals surface area contributed by atoms with Gasteiger partial charge in [-0.3, -0.25) is 4.79 Å². The number of hydrogen-bond donors (Lipinski definition) is 2. The lowest BCUT2D eigenvalue weighted by molar-refractivity contribution is -0.192. The number of ketones is 1. The number of ether oxygens (including phenoxy) is 2. The summed E-state index contributed by atoms with van der Waals surface area (Å²) in [6.45, 7) is 10.6. The van der Waals surface area contributed by atoms with E-state index >= 15 is 0 Å². The number of aliphatic hydroxyl groups excluding tert-OH is 2. The zero-order valence-electron chi connectivity index (χ0n) is 21.4. The molecule has 2 aliphatic heterocycles. The van der Waals surface area contributed by atoms with Crippen LogP contribution in [0.2, 0.25) is 0 Å². The van der Waals surface area contributed by atoms with Crippen LogP contribution in [0.15, 0.2) is 0 Å². The fourth-order valence-corrected chi connectivity index (χ4v) is 10.1. The van der Waals surface area contributed by atoms with Crippen LogP contribution in [0.5, 0.6) is 0 Å². The number of hydrogen-bond acceptors (Lipinski definition) is 6. The average Bonchev–Trinajstić information content (AvgIpc) is 3.19. The second-order valence-corrected chi connectivity index (χ2v) is 13.6. The third-order valence-electron chi connectivity index (χ3n) is 12.5. The van der Waals surface area contributed by atoms with E-state index in [4.69, 9.17) is 9.47 Å². The summed E-state index contributed by atoms with van der Waals surface area (Å²) in [5, 5.41) is 22.2. The van der Waals surface area contributed by atoms with Gasteiger partial charge in [0.1, 0.15) is 17.5 Å². The van der Waals surface area contributed by atoms with Crippen molar-refractivity contribution in [3.63, 3.8) is 0 Å². The predicted molar refractivity (Wildman–Crippen MR) is 125 cm³/mol. The number of fused-ring (bicyclic) bond motifs is 6. The minimum absolute atomic E-state index is 0.0551. The molecule has 0 radical (unpaired) electrons. The van der Waals surface area contributed by atoms with Crippen LogP contribution in [0.3, 0.4) is 0 Å². The van der Waals surface area contributed by atoms with Crippen molar-refractivity contribution in [2.75, 3.05) is 0 Å². The minimum atomic E-state index is -0.779. The molecule has 13 atom stereocenters. The quantitative estimate of drug-likeness (QED) is 0.468. The van der Waals surface area contributed by atoms with Gasteiger partial charge in [-0.15, -0.1) is 0 Å². The van der Waals surface area contributed by atoms with E-state index in [1.165, 1.54) is 0 Å². The summed E-state index contributed by atoms with van der Waals surface area (Å²) in [6, 6.07) is 0. The number of carbonyl (C=O) groups is 2. The van der Waals surface area contributed by atoms with Gasteiger partial charge >= 0.3 is 5.97 Å². The first kappa shape index (κ1) is 23.4. The van der Waals surface area contributed by atoms with Crippen LogP contribution < -0.4 is 0 Å². The van der Waals surface area contributed by atoms with Gasteiger partial charge in [-0.1, -0.05) is 20.8 Å². The van der Waals surface area contributed by atoms with Gasteiger partial charge < -0.3 is 19.7 Å². The molecule has 6 aliphatic rings. The Kier molecular flexibility index (Phi) is 4.87. The van der Waals surface area contributed by atoms with E-state index < -0.39 is 28.8 Å². The molecule has 0 unspecified atom stereocenters. The van der Waals surface area contributed by atoms with E-state index in [0.717, 1.165) is 32.1 Å². The van der Waals surface area contributed by atoms with Crippen molar-refractivity contribution in [3.8, 4) is 0 Å². The average molecular weight is 475 g/mol. The van der Waals surface area contributed by atoms with Crippen molar-refractivity contribution in [2.45, 2.75) is 115 Å². The van der Waals surface area contributed by atoms with Crippen LogP contribution in [-0.4, -0.2) is 51.5 Å². The Morgan fingerprint density at radius 2 is 1.68 bits per heavy atom. The highest BCUT2D eigenvalue weighted by Gasteiger charge is 2.74. The summed E-state index contributed by atoms with van der Waals surface area (Å²) in [5.41, 5.74) is -1.66. The Morgan fingerprint density at radius 1 is 0.941 bits per heavy atom. The summed E-state index contributed by atoms with van der Waals surface area (Å²) in [5.74, 6) is 1.19. The highest BCUT2D eigenvalue weighted by atomic mass is 16.7. The molecule has 6 heteroatoms. The first-order valence-corrected chi connectivity index (χ1v) is 13.7. The molecule has 2 heterocycles. The number of rotatable bonds is 2. The van der Waals surface area contributed by atoms with Crippen LogP contribution in [0.4, 0.5) is 0 Å². The second kappa shape index (κ2) is 7.07. The molecule has 2 saturated heterocycles. The lowest BCUT2D eigenvalue weighted by Crippen LogP contribution is -2.63. The maximum Gasteiger partial charge on any atom is 0.341 e. The van der Waals surface area contributed by atoms with Crippen molar-refractivity contribution in [1.29, 1.82) is 0 Å². The van der Waals surface area contributed by atoms with Crippen LogP contribution in [-0.2, 0) is 19.1 Å². The Bertz CT molecular complexity index is 919. The smallest absolute Gasteiger partial charge is 0.341 e. The Labute approximate surface area is 203 Å². The van der Waals surface area contributed by atoms with Crippen molar-refractivity contribution < 1.29 is 29.3 Å². The molecule has 6 rings (SSSR count). The number of carbonyl (C=O) groups excluding carboxylic acids is 2. The van der Waals surface area contributed by atoms with Gasteiger partial charge in [0.05, 0.1) is 12.2 Å². The molecule has 34 heavy (non-hydrogen) atoms. The predicted octanol–water partition coefficient (Wildman–Crippen LogP) is 3.66. The monoisotopic (exact) mass is 474 g/mol. The maximum atomic E-state index is 13.3. The van der Waals surface area contributed by atoms with Crippen LogP contribution in [0, 0.1) is 46.3 Å². The standard InChI is InChI=1S/C28H42O6/c1-14(21-13-26(3)28(5,34-26)24(32)33-21)15-6-7-16-23-17(10-11-25(15,16)2)27(4)18(12-20(23)30)19(29)8-9-22(27)31/h14-21,23,29-30H,6-13H2,1-5H3/t14-,15+,16+,17+,18+,19+,20+,21+,23-,25+,26-,27+,28+/m0/s1. The van der Waals surface area contributed by atoms with E-state index in [1.54, 1.807) is 0 Å². The SMILES string of the molecule is C[C@@H]([C@H]1CC[C@@H]2[C@@H]3[C@H](O)C[C@@H]4[C@H](O)CCC(=O)[C@]4(C)[C@@H]3CC[C@]12C)[C@H]1C[C@]2(C)O[C@]2(C)C(=O)O1. The zero-order valence-corrected chi connectivity index (χ0v) is 21.4. The number of cyclic esters (lactones) is 1. The van der Waals surface area contributed by atoms with Crippen LogP contribution in [0.1, 0.15) is 86.0 Å². The van der Waals surface area contributed by atoms with Crippen LogP contribution >= 0.6 is 0 Å². The van der Waals surface area contributed by atoms with Gasteiger partial charge in [-0.25, -0.2) is 4.79 Å². The molecule has 0 aromatic heterocycles. The molecule has 4 aliphatic carbocycles. The van der Waals surface area contributed by atoms with E-state index in [1.807, 2.05) is 13.8 Å². The fourth-order valence-electron chi connectivity index (χ4n) is 10.1. The number of epoxide rings is 1. The highest BCUT2D eigenvalue weighted by Crippen LogP contribution is 2.68. The Balaban J connectivity index is 1.27. The van der Waals surface area contributed by atoms with Gasteiger partial charge in [-0.2, -0.15) is 0 Å². The Hall–Kier alpha value is -0.980. The number of esters is 1. The topological polar surface area (TPSA) is 96.4 Å². The maximum absolute atomic E-state index is 13.3. The molecule has 2 N–H and O–H groups in total. The lowest BCUT2D eigenvalue weighted by Gasteiger charge is -2.62. The third-order valence-corrected chi connectivity index (χ3v) is 12.5. The summed E-state index contributed by atoms with van der Waals surface area (Å²) in [7, 11) is 0. The Morgan fingerprint density at radius 3 is 2.38 bits per heavy atom. The molecule has 4 saturated carbocycles. The molecule has 190 valence electrons. The fraction of sp³-hybridized carbons (Fsp3) is 0.929. The van der Waals surface area contributed by atoms with Crippen molar-refractivity contribution in [1.82, 2.24) is 0 Å². The molecule has 0 aromatic rings. The molecule has 6 fully saturated rings. The van der Waals surface area contributed by atoms with Gasteiger partial charge in [0.25, 0.3) is 0 Å². The van der Waals surface area contributed by atoms with Crippen molar-refractivity contribution in [3.05, 3.63) is 0 Å². The first-order chi connectivity index (χ1) is 15.9. The molecule has 0 bridgehead atoms. The molecular formula is C28H42O6. The largest absolute Gasteiger partial charge is 0.460 e. The van der Waals surface area contributed by atoms with E-state index in [-0.39, 0.29) is 41.2 Å². The highest BCUT2D eigenvalue weighted by molar-refractivity contribution is 5.86. The van der Waals surface area contributed by atoms with E-state index in [9.17, 15) is 19.8 Å². The third kappa shape index (κ3) is 2.74. The van der Waals surface area contributed by atoms with Crippen LogP contribution in [0.25, 0.3) is 0 Å². The lowest BCUT2D eigenvalue weighted by atomic mass is 9.43. The van der Waals surface area contributed by atoms with Crippen molar-refractivity contribution in [2.24, 2.45) is 46.3 Å². The molecule has 6 nitrogen and oxygen atoms in total. The normalized spacial score (nSPS) is 59.3. The number of aliphatic hydroxyl groups is 2. The summed E-state index contributed by atoms with van der Waals surface area (Å²) in [6.07, 6.45) is 5.25. The van der Waals surface area contributed by atoms with Gasteiger partial charge in [0, 0.05) is 18.3 Å². The summed E-state index contributed by atoms with van der Waals surface area (Å²) in [4.78, 5) is 26.0. The molecule has 0 spiro atoms. The number of Topliss-reactive ketones (excluding diaryl/α,β-unsaturated/α-hetero) is 1. The van der Waals surface area contributed by atoms with E-state index in [2.05, 4.69) is 20.8 Å². The first-order valence-electron chi connectivity index (χ1n) is 13.7. The summed E-state index contributed by atoms with van der Waals surface area (Å²) >= 11 is 0.